The molecule has 4 N–H and O–H groups in total. The van der Waals surface area contributed by atoms with E-state index in [-0.39, 0.29) is 0 Å². The van der Waals surface area contributed by atoms with Gasteiger partial charge in [0, 0.05) is 17.3 Å². The van der Waals surface area contributed by atoms with Crippen molar-refractivity contribution >= 4 is 34.9 Å². The largest absolute Gasteiger partial charge is 0.366 e. The van der Waals surface area contributed by atoms with Gasteiger partial charge in [-0.05, 0) is 67.9 Å². The van der Waals surface area contributed by atoms with Gasteiger partial charge in [0.15, 0.2) is 0 Å². The minimum Gasteiger partial charge on any atom is -0.366 e. The summed E-state index contributed by atoms with van der Waals surface area (Å²) in [5.41, 5.74) is 9.00. The first-order valence-corrected chi connectivity index (χ1v) is 9.70. The number of benzene rings is 2. The average Bonchev–Trinajstić information content (AvgIpc) is 2.67. The van der Waals surface area contributed by atoms with Gasteiger partial charge < -0.3 is 21.3 Å². The van der Waals surface area contributed by atoms with E-state index >= 15 is 0 Å². The lowest BCUT2D eigenvalue weighted by Crippen LogP contribution is -2.26. The van der Waals surface area contributed by atoms with Crippen molar-refractivity contribution in [3.05, 3.63) is 58.1 Å². The van der Waals surface area contributed by atoms with Gasteiger partial charge in [0.2, 0.25) is 0 Å². The lowest BCUT2D eigenvalue weighted by molar-refractivity contribution is 0.1000. The predicted molar refractivity (Wildman–Crippen MR) is 115 cm³/mol. The fourth-order valence-corrected chi connectivity index (χ4v) is 3.10. The molecule has 0 fully saturated rings. The highest BCUT2D eigenvalue weighted by Gasteiger charge is 2.19. The predicted octanol–water partition coefficient (Wildman–Crippen LogP) is 4.14. The SMILES string of the molecule is CCc1ccc(NC(=O)Nc2ccc(Cl)cc2)c(C(N)=O)c1CCN(C)CC. The molecule has 6 nitrogen and oxygen atoms in total. The lowest BCUT2D eigenvalue weighted by atomic mass is 9.94. The van der Waals surface area contributed by atoms with Crippen LogP contribution >= 0.6 is 11.6 Å². The highest BCUT2D eigenvalue weighted by molar-refractivity contribution is 6.30. The molecule has 0 aliphatic heterocycles. The molecule has 150 valence electrons. The van der Waals surface area contributed by atoms with Crippen LogP contribution in [0, 0.1) is 0 Å². The summed E-state index contributed by atoms with van der Waals surface area (Å²) in [6.07, 6.45) is 1.46. The molecule has 0 atom stereocenters. The van der Waals surface area contributed by atoms with Gasteiger partial charge in [-0.25, -0.2) is 4.79 Å². The zero-order valence-electron chi connectivity index (χ0n) is 16.5. The summed E-state index contributed by atoms with van der Waals surface area (Å²) in [4.78, 5) is 26.8. The standard InChI is InChI=1S/C21H27ClN4O2/c1-4-14-6-11-18(19(20(23)27)17(14)12-13-26(3)5-2)25-21(28)24-16-9-7-15(22)8-10-16/h6-11H,4-5,12-13H2,1-3H3,(H2,23,27)(H2,24,25,28). The number of halogens is 1. The van der Waals surface area contributed by atoms with Crippen molar-refractivity contribution in [1.29, 1.82) is 0 Å². The molecule has 0 spiro atoms. The number of hydrogen-bond acceptors (Lipinski definition) is 3. The van der Waals surface area contributed by atoms with E-state index in [1.54, 1.807) is 30.3 Å². The molecule has 2 aromatic carbocycles. The molecule has 3 amide bonds. The van der Waals surface area contributed by atoms with Gasteiger partial charge in [-0.2, -0.15) is 0 Å². The van der Waals surface area contributed by atoms with Crippen LogP contribution < -0.4 is 16.4 Å². The Morgan fingerprint density at radius 3 is 2.32 bits per heavy atom. The summed E-state index contributed by atoms with van der Waals surface area (Å²) in [7, 11) is 2.03. The van der Waals surface area contributed by atoms with E-state index in [2.05, 4.69) is 22.5 Å². The highest BCUT2D eigenvalue weighted by Crippen LogP contribution is 2.25. The van der Waals surface area contributed by atoms with Crippen LogP contribution in [-0.4, -0.2) is 37.0 Å². The molecule has 0 saturated carbocycles. The number of nitrogens with one attached hydrogen (secondary N) is 2. The van der Waals surface area contributed by atoms with Crippen molar-refractivity contribution in [2.45, 2.75) is 26.7 Å². The molecule has 0 unspecified atom stereocenters. The third-order valence-corrected chi connectivity index (χ3v) is 4.92. The Bertz CT molecular complexity index is 837. The number of carbonyl (C=O) groups excluding carboxylic acids is 2. The van der Waals surface area contributed by atoms with E-state index < -0.39 is 11.9 Å². The van der Waals surface area contributed by atoms with Crippen LogP contribution in [0.25, 0.3) is 0 Å². The fraction of sp³-hybridized carbons (Fsp3) is 0.333. The molecule has 7 heteroatoms. The Hall–Kier alpha value is -2.57. The monoisotopic (exact) mass is 402 g/mol. The second-order valence-corrected chi connectivity index (χ2v) is 7.01. The van der Waals surface area contributed by atoms with Gasteiger partial charge in [-0.1, -0.05) is 31.5 Å². The number of hydrogen-bond donors (Lipinski definition) is 3. The van der Waals surface area contributed by atoms with E-state index in [9.17, 15) is 9.59 Å². The number of nitrogens with zero attached hydrogens (tertiary/aromatic N) is 1. The smallest absolute Gasteiger partial charge is 0.323 e. The summed E-state index contributed by atoms with van der Waals surface area (Å²) in [5, 5.41) is 6.06. The molecule has 0 saturated heterocycles. The molecule has 0 aliphatic rings. The van der Waals surface area contributed by atoms with Gasteiger partial charge in [0.05, 0.1) is 11.3 Å². The number of primary amides is 1. The van der Waals surface area contributed by atoms with Crippen molar-refractivity contribution in [3.8, 4) is 0 Å². The van der Waals surface area contributed by atoms with Crippen LogP contribution in [0.1, 0.15) is 35.3 Å². The molecule has 0 heterocycles. The molecular weight excluding hydrogens is 376 g/mol. The number of amides is 3. The Labute approximate surface area is 171 Å². The molecule has 0 aromatic heterocycles. The van der Waals surface area contributed by atoms with Crippen molar-refractivity contribution in [1.82, 2.24) is 4.90 Å². The minimum absolute atomic E-state index is 0.370. The molecule has 0 aliphatic carbocycles. The first kappa shape index (κ1) is 21.7. The number of nitrogens with two attached hydrogens (primary N) is 1. The van der Waals surface area contributed by atoms with Gasteiger partial charge in [0.25, 0.3) is 5.91 Å². The van der Waals surface area contributed by atoms with Crippen LogP contribution in [0.2, 0.25) is 5.02 Å². The maximum Gasteiger partial charge on any atom is 0.323 e. The van der Waals surface area contributed by atoms with Crippen LogP contribution in [0.3, 0.4) is 0 Å². The summed E-state index contributed by atoms with van der Waals surface area (Å²) in [6, 6.07) is 9.98. The number of anilines is 2. The second kappa shape index (κ2) is 10.1. The topological polar surface area (TPSA) is 87.5 Å². The maximum atomic E-state index is 12.4. The van der Waals surface area contributed by atoms with Crippen LogP contribution in [0.5, 0.6) is 0 Å². The van der Waals surface area contributed by atoms with Gasteiger partial charge in [0.1, 0.15) is 0 Å². The Morgan fingerprint density at radius 1 is 1.07 bits per heavy atom. The zero-order valence-corrected chi connectivity index (χ0v) is 17.3. The number of urea groups is 1. The Morgan fingerprint density at radius 2 is 1.75 bits per heavy atom. The number of aryl methyl sites for hydroxylation is 1. The summed E-state index contributed by atoms with van der Waals surface area (Å²) in [6.45, 7) is 5.82. The number of likely N-dealkylation sites (N-methyl/N-ethyl adjacent to an activating group) is 1. The van der Waals surface area contributed by atoms with Crippen molar-refractivity contribution in [2.75, 3.05) is 30.8 Å². The zero-order chi connectivity index (χ0) is 20.7. The molecule has 2 aromatic rings. The van der Waals surface area contributed by atoms with E-state index in [1.165, 1.54) is 0 Å². The van der Waals surface area contributed by atoms with Crippen molar-refractivity contribution < 1.29 is 9.59 Å². The third kappa shape index (κ3) is 5.71. The molecular formula is C21H27ClN4O2. The Balaban J connectivity index is 2.28. The van der Waals surface area contributed by atoms with E-state index in [1.807, 2.05) is 20.0 Å². The quantitative estimate of drug-likeness (QED) is 0.620. The Kier molecular flexibility index (Phi) is 7.84. The average molecular weight is 403 g/mol. The van der Waals surface area contributed by atoms with Crippen molar-refractivity contribution in [3.63, 3.8) is 0 Å². The maximum absolute atomic E-state index is 12.4. The van der Waals surface area contributed by atoms with Crippen molar-refractivity contribution in [2.24, 2.45) is 5.73 Å². The second-order valence-electron chi connectivity index (χ2n) is 6.58. The number of carbonyl (C=O) groups is 2. The van der Waals surface area contributed by atoms with E-state index in [0.29, 0.717) is 28.4 Å². The van der Waals surface area contributed by atoms with Gasteiger partial charge >= 0.3 is 6.03 Å². The van der Waals surface area contributed by atoms with Gasteiger partial charge in [-0.15, -0.1) is 0 Å². The van der Waals surface area contributed by atoms with Crippen LogP contribution in [0.15, 0.2) is 36.4 Å². The van der Waals surface area contributed by atoms with E-state index in [4.69, 9.17) is 17.3 Å². The first-order valence-electron chi connectivity index (χ1n) is 9.32. The van der Waals surface area contributed by atoms with Crippen LogP contribution in [-0.2, 0) is 12.8 Å². The molecule has 0 bridgehead atoms. The fourth-order valence-electron chi connectivity index (χ4n) is 2.97. The first-order chi connectivity index (χ1) is 13.3. The number of rotatable bonds is 8. The van der Waals surface area contributed by atoms with E-state index in [0.717, 1.165) is 30.6 Å². The molecule has 0 radical (unpaired) electrons. The molecule has 2 rings (SSSR count). The molecule has 28 heavy (non-hydrogen) atoms. The summed E-state index contributed by atoms with van der Waals surface area (Å²) >= 11 is 5.86. The normalized spacial score (nSPS) is 10.8. The minimum atomic E-state index is -0.550. The van der Waals surface area contributed by atoms with Gasteiger partial charge in [-0.3, -0.25) is 4.79 Å². The summed E-state index contributed by atoms with van der Waals surface area (Å²) < 4.78 is 0. The lowest BCUT2D eigenvalue weighted by Gasteiger charge is -2.20. The third-order valence-electron chi connectivity index (χ3n) is 4.67. The van der Waals surface area contributed by atoms with Crippen LogP contribution in [0.4, 0.5) is 16.2 Å². The summed E-state index contributed by atoms with van der Waals surface area (Å²) in [5.74, 6) is -0.550. The highest BCUT2D eigenvalue weighted by atomic mass is 35.5.